The van der Waals surface area contributed by atoms with Gasteiger partial charge in [-0.15, -0.1) is 0 Å². The molecule has 2 aliphatic rings. The van der Waals surface area contributed by atoms with E-state index in [1.54, 1.807) is 0 Å². The molecule has 2 heterocycles. The fourth-order valence-electron chi connectivity index (χ4n) is 2.79. The van der Waals surface area contributed by atoms with Gasteiger partial charge in [-0.2, -0.15) is 0 Å². The van der Waals surface area contributed by atoms with Gasteiger partial charge in [0, 0.05) is 19.7 Å². The third-order valence-electron chi connectivity index (χ3n) is 3.40. The van der Waals surface area contributed by atoms with E-state index in [4.69, 9.17) is 9.47 Å². The van der Waals surface area contributed by atoms with E-state index in [0.717, 1.165) is 19.5 Å². The first kappa shape index (κ1) is 13.6. The molecule has 3 atom stereocenters. The second kappa shape index (κ2) is 5.05. The van der Waals surface area contributed by atoms with Crippen LogP contribution in [0.2, 0.25) is 0 Å². The lowest BCUT2D eigenvalue weighted by atomic mass is 10.1. The summed E-state index contributed by atoms with van der Waals surface area (Å²) in [4.78, 5) is 14.1. The summed E-state index contributed by atoms with van der Waals surface area (Å²) in [5, 5.41) is 3.35. The highest BCUT2D eigenvalue weighted by Gasteiger charge is 2.47. The first-order valence-corrected chi connectivity index (χ1v) is 6.76. The molecule has 2 rings (SSSR count). The van der Waals surface area contributed by atoms with Crippen molar-refractivity contribution in [3.63, 3.8) is 0 Å². The van der Waals surface area contributed by atoms with Gasteiger partial charge in [-0.25, -0.2) is 4.79 Å². The molecule has 0 aromatic carbocycles. The average molecular weight is 256 g/mol. The number of carbonyl (C=O) groups excluding carboxylic acids is 1. The minimum Gasteiger partial charge on any atom is -0.444 e. The molecule has 5 nitrogen and oxygen atoms in total. The van der Waals surface area contributed by atoms with Crippen molar-refractivity contribution in [3.05, 3.63) is 0 Å². The number of fused-ring (bicyclic) bond motifs is 2. The molecule has 104 valence electrons. The standard InChI is InChI=1S/C13H24N2O3/c1-5-17-11-6-9-7-14-8-10(11)15(9)12(16)18-13(2,3)4/h9-11,14H,5-8H2,1-4H3. The van der Waals surface area contributed by atoms with Crippen molar-refractivity contribution in [3.8, 4) is 0 Å². The Morgan fingerprint density at radius 2 is 2.11 bits per heavy atom. The Kier molecular flexibility index (Phi) is 3.82. The first-order chi connectivity index (χ1) is 8.42. The number of ether oxygens (including phenoxy) is 2. The molecule has 0 radical (unpaired) electrons. The summed E-state index contributed by atoms with van der Waals surface area (Å²) in [7, 11) is 0. The van der Waals surface area contributed by atoms with E-state index in [2.05, 4.69) is 5.32 Å². The summed E-state index contributed by atoms with van der Waals surface area (Å²) in [6.07, 6.45) is 0.841. The zero-order valence-corrected chi connectivity index (χ0v) is 11.7. The highest BCUT2D eigenvalue weighted by atomic mass is 16.6. The van der Waals surface area contributed by atoms with Gasteiger partial charge in [0.2, 0.25) is 0 Å². The number of amides is 1. The van der Waals surface area contributed by atoms with E-state index < -0.39 is 5.60 Å². The monoisotopic (exact) mass is 256 g/mol. The Morgan fingerprint density at radius 3 is 2.72 bits per heavy atom. The van der Waals surface area contributed by atoms with Crippen LogP contribution in [0, 0.1) is 0 Å². The minimum atomic E-state index is -0.442. The number of carbonyl (C=O) groups is 1. The third-order valence-corrected chi connectivity index (χ3v) is 3.40. The number of piperazine rings is 1. The predicted molar refractivity (Wildman–Crippen MR) is 68.5 cm³/mol. The van der Waals surface area contributed by atoms with Gasteiger partial charge in [0.25, 0.3) is 0 Å². The van der Waals surface area contributed by atoms with Crippen LogP contribution in [0.5, 0.6) is 0 Å². The summed E-state index contributed by atoms with van der Waals surface area (Å²) < 4.78 is 11.2. The van der Waals surface area contributed by atoms with Crippen molar-refractivity contribution in [2.24, 2.45) is 0 Å². The molecule has 2 aliphatic heterocycles. The summed E-state index contributed by atoms with van der Waals surface area (Å²) in [6.45, 7) is 10.0. The molecule has 2 saturated heterocycles. The minimum absolute atomic E-state index is 0.110. The fraction of sp³-hybridized carbons (Fsp3) is 0.923. The Morgan fingerprint density at radius 1 is 1.39 bits per heavy atom. The van der Waals surface area contributed by atoms with Crippen LogP contribution in [0.25, 0.3) is 0 Å². The van der Waals surface area contributed by atoms with Crippen LogP contribution in [0.1, 0.15) is 34.1 Å². The predicted octanol–water partition coefficient (Wildman–Crippen LogP) is 1.37. The molecule has 3 unspecified atom stereocenters. The molecule has 0 saturated carbocycles. The number of nitrogens with zero attached hydrogens (tertiary/aromatic N) is 1. The van der Waals surface area contributed by atoms with E-state index in [1.807, 2.05) is 32.6 Å². The Bertz CT molecular complexity index is 314. The highest BCUT2D eigenvalue weighted by molar-refractivity contribution is 5.70. The number of rotatable bonds is 2. The molecule has 2 fully saturated rings. The lowest BCUT2D eigenvalue weighted by molar-refractivity contribution is -0.00591. The van der Waals surface area contributed by atoms with Crippen molar-refractivity contribution in [2.75, 3.05) is 19.7 Å². The Hall–Kier alpha value is -0.810. The molecular weight excluding hydrogens is 232 g/mol. The van der Waals surface area contributed by atoms with Crippen LogP contribution in [0.4, 0.5) is 4.79 Å². The topological polar surface area (TPSA) is 50.8 Å². The zero-order chi connectivity index (χ0) is 13.3. The molecule has 0 aromatic rings. The molecule has 0 aliphatic carbocycles. The molecule has 18 heavy (non-hydrogen) atoms. The fourth-order valence-corrected chi connectivity index (χ4v) is 2.79. The Labute approximate surface area is 109 Å². The van der Waals surface area contributed by atoms with Gasteiger partial charge in [-0.1, -0.05) is 0 Å². The van der Waals surface area contributed by atoms with E-state index >= 15 is 0 Å². The summed E-state index contributed by atoms with van der Waals surface area (Å²) in [6, 6.07) is 0.314. The lowest BCUT2D eigenvalue weighted by Gasteiger charge is -2.36. The molecular formula is C13H24N2O3. The summed E-state index contributed by atoms with van der Waals surface area (Å²) in [5.74, 6) is 0. The molecule has 0 spiro atoms. The van der Waals surface area contributed by atoms with Crippen molar-refractivity contribution in [1.82, 2.24) is 10.2 Å². The number of hydrogen-bond donors (Lipinski definition) is 1. The average Bonchev–Trinajstić information content (AvgIpc) is 2.45. The SMILES string of the molecule is CCOC1CC2CNCC1N2C(=O)OC(C)(C)C. The summed E-state index contributed by atoms with van der Waals surface area (Å²) >= 11 is 0. The van der Waals surface area contributed by atoms with Gasteiger partial charge in [0.05, 0.1) is 18.2 Å². The Balaban J connectivity index is 2.06. The van der Waals surface area contributed by atoms with Gasteiger partial charge >= 0.3 is 6.09 Å². The van der Waals surface area contributed by atoms with Crippen molar-refractivity contribution in [1.29, 1.82) is 0 Å². The van der Waals surface area contributed by atoms with Gasteiger partial charge < -0.3 is 14.8 Å². The van der Waals surface area contributed by atoms with Crippen molar-refractivity contribution >= 4 is 6.09 Å². The molecule has 1 N–H and O–H groups in total. The van der Waals surface area contributed by atoms with E-state index in [-0.39, 0.29) is 24.3 Å². The van der Waals surface area contributed by atoms with Crippen molar-refractivity contribution in [2.45, 2.75) is 57.9 Å². The van der Waals surface area contributed by atoms with E-state index in [1.165, 1.54) is 0 Å². The van der Waals surface area contributed by atoms with Crippen LogP contribution in [0.15, 0.2) is 0 Å². The molecule has 0 aromatic heterocycles. The van der Waals surface area contributed by atoms with Gasteiger partial charge in [-0.05, 0) is 34.1 Å². The van der Waals surface area contributed by atoms with E-state index in [0.29, 0.717) is 6.61 Å². The van der Waals surface area contributed by atoms with Crippen LogP contribution in [0.3, 0.4) is 0 Å². The maximum Gasteiger partial charge on any atom is 0.410 e. The number of nitrogens with one attached hydrogen (secondary N) is 1. The largest absolute Gasteiger partial charge is 0.444 e. The van der Waals surface area contributed by atoms with Crippen LogP contribution in [-0.2, 0) is 9.47 Å². The van der Waals surface area contributed by atoms with Crippen LogP contribution >= 0.6 is 0 Å². The summed E-state index contributed by atoms with van der Waals surface area (Å²) in [5.41, 5.74) is -0.442. The maximum atomic E-state index is 12.2. The van der Waals surface area contributed by atoms with Gasteiger partial charge in [0.15, 0.2) is 0 Å². The third kappa shape index (κ3) is 2.78. The zero-order valence-electron chi connectivity index (χ0n) is 11.7. The normalized spacial score (nSPS) is 31.6. The smallest absolute Gasteiger partial charge is 0.410 e. The van der Waals surface area contributed by atoms with Crippen LogP contribution < -0.4 is 5.32 Å². The maximum absolute atomic E-state index is 12.2. The van der Waals surface area contributed by atoms with Gasteiger partial charge in [-0.3, -0.25) is 4.90 Å². The lowest BCUT2D eigenvalue weighted by Crippen LogP contribution is -2.56. The second-order valence-electron chi connectivity index (χ2n) is 6.00. The highest BCUT2D eigenvalue weighted by Crippen LogP contribution is 2.30. The first-order valence-electron chi connectivity index (χ1n) is 6.76. The van der Waals surface area contributed by atoms with Crippen molar-refractivity contribution < 1.29 is 14.3 Å². The van der Waals surface area contributed by atoms with E-state index in [9.17, 15) is 4.79 Å². The van der Waals surface area contributed by atoms with Gasteiger partial charge in [0.1, 0.15) is 5.60 Å². The van der Waals surface area contributed by atoms with Crippen LogP contribution in [-0.4, -0.2) is 54.5 Å². The quantitative estimate of drug-likeness (QED) is 0.811. The number of hydrogen-bond acceptors (Lipinski definition) is 4. The molecule has 1 amide bonds. The second-order valence-corrected chi connectivity index (χ2v) is 6.00. The molecule has 2 bridgehead atoms. The molecule has 5 heteroatoms.